The Hall–Kier alpha value is -4.73. The van der Waals surface area contributed by atoms with Gasteiger partial charge in [0.25, 0.3) is 5.91 Å². The molecular weight excluding hydrogens is 582 g/mol. The van der Waals surface area contributed by atoms with E-state index < -0.39 is 29.5 Å². The van der Waals surface area contributed by atoms with Crippen LogP contribution in [0, 0.1) is 26.7 Å². The summed E-state index contributed by atoms with van der Waals surface area (Å²) in [6.45, 7) is 16.8. The van der Waals surface area contributed by atoms with Crippen molar-refractivity contribution in [1.82, 2.24) is 25.4 Å². The Morgan fingerprint density at radius 1 is 0.978 bits per heavy atom. The number of amides is 2. The summed E-state index contributed by atoms with van der Waals surface area (Å²) in [5, 5.41) is 8.74. The summed E-state index contributed by atoms with van der Waals surface area (Å²) < 4.78 is 7.07. The number of aryl methyl sites for hydroxylation is 4. The number of ether oxygens (including phenoxy) is 1. The Morgan fingerprint density at radius 2 is 1.74 bits per heavy atom. The number of aromatic nitrogens is 3. The highest BCUT2D eigenvalue weighted by Crippen LogP contribution is 2.38. The van der Waals surface area contributed by atoms with Crippen LogP contribution in [0.15, 0.2) is 48.5 Å². The molecule has 1 aliphatic rings. The zero-order valence-electron chi connectivity index (χ0n) is 27.9. The second-order valence-corrected chi connectivity index (χ2v) is 13.1. The van der Waals surface area contributed by atoms with E-state index in [2.05, 4.69) is 27.9 Å². The Kier molecular flexibility index (Phi) is 9.19. The van der Waals surface area contributed by atoms with Gasteiger partial charge in [0.2, 0.25) is 0 Å². The van der Waals surface area contributed by atoms with Crippen LogP contribution >= 0.6 is 0 Å². The summed E-state index contributed by atoms with van der Waals surface area (Å²) in [6.07, 6.45) is -0.111. The largest absolute Gasteiger partial charge is 0.442 e. The first-order valence-corrected chi connectivity index (χ1v) is 15.8. The standard InChI is InChI=1S/C36H43N5O5/c1-9-41-30-15-14-29(23(4)32(30)37-39-41)31(24(5)34(43)46-38-35(44)45-36(6,7)8)26-13-12-25-16-17-40(20-28(25)19-26)33(42)27-11-10-21(2)22(3)18-27/h10-15,18-19,24,31H,9,16-17,20H2,1-8H3,(H,38,44)/t24-,31-/m0/s1. The van der Waals surface area contributed by atoms with Crippen LogP contribution in [0.5, 0.6) is 0 Å². The van der Waals surface area contributed by atoms with Gasteiger partial charge in [-0.1, -0.05) is 42.5 Å². The molecule has 0 unspecified atom stereocenters. The van der Waals surface area contributed by atoms with Crippen molar-refractivity contribution < 1.29 is 24.0 Å². The monoisotopic (exact) mass is 625 g/mol. The Bertz CT molecular complexity index is 1800. The number of nitrogens with zero attached hydrogens (tertiary/aromatic N) is 4. The molecule has 1 N–H and O–H groups in total. The van der Waals surface area contributed by atoms with Gasteiger partial charge in [-0.15, -0.1) is 10.6 Å². The van der Waals surface area contributed by atoms with Crippen LogP contribution in [0.1, 0.15) is 89.8 Å². The average molecular weight is 626 g/mol. The van der Waals surface area contributed by atoms with Gasteiger partial charge in [-0.2, -0.15) is 0 Å². The lowest BCUT2D eigenvalue weighted by Crippen LogP contribution is -2.37. The third-order valence-electron chi connectivity index (χ3n) is 8.77. The van der Waals surface area contributed by atoms with Crippen LogP contribution in [0.25, 0.3) is 11.0 Å². The highest BCUT2D eigenvalue weighted by atomic mass is 16.7. The Balaban J connectivity index is 1.49. The number of nitrogens with one attached hydrogen (secondary N) is 1. The zero-order chi connectivity index (χ0) is 33.3. The number of benzene rings is 3. The van der Waals surface area contributed by atoms with Crippen molar-refractivity contribution in [3.05, 3.63) is 93.0 Å². The van der Waals surface area contributed by atoms with Crippen LogP contribution < -0.4 is 5.48 Å². The molecule has 10 nitrogen and oxygen atoms in total. The van der Waals surface area contributed by atoms with Crippen molar-refractivity contribution in [3.8, 4) is 0 Å². The van der Waals surface area contributed by atoms with E-state index in [9.17, 15) is 14.4 Å². The summed E-state index contributed by atoms with van der Waals surface area (Å²) in [4.78, 5) is 46.4. The van der Waals surface area contributed by atoms with Crippen LogP contribution in [0.3, 0.4) is 0 Å². The highest BCUT2D eigenvalue weighted by molar-refractivity contribution is 5.94. The van der Waals surface area contributed by atoms with Crippen molar-refractivity contribution >= 4 is 29.0 Å². The molecule has 1 aromatic heterocycles. The lowest BCUT2D eigenvalue weighted by atomic mass is 9.78. The molecule has 1 aliphatic heterocycles. The fourth-order valence-electron chi connectivity index (χ4n) is 6.11. The predicted molar refractivity (Wildman–Crippen MR) is 175 cm³/mol. The normalized spacial score (nSPS) is 14.4. The fourth-order valence-corrected chi connectivity index (χ4v) is 6.11. The second kappa shape index (κ2) is 12.9. The van der Waals surface area contributed by atoms with Gasteiger partial charge >= 0.3 is 12.1 Å². The van der Waals surface area contributed by atoms with Crippen molar-refractivity contribution in [1.29, 1.82) is 0 Å². The Morgan fingerprint density at radius 3 is 2.43 bits per heavy atom. The summed E-state index contributed by atoms with van der Waals surface area (Å²) >= 11 is 0. The van der Waals surface area contributed by atoms with E-state index in [1.54, 1.807) is 27.7 Å². The van der Waals surface area contributed by atoms with E-state index in [4.69, 9.17) is 9.57 Å². The molecule has 0 fully saturated rings. The van der Waals surface area contributed by atoms with E-state index in [0.29, 0.717) is 25.2 Å². The summed E-state index contributed by atoms with van der Waals surface area (Å²) in [7, 11) is 0. The van der Waals surface area contributed by atoms with E-state index in [1.807, 2.05) is 73.7 Å². The zero-order valence-corrected chi connectivity index (χ0v) is 27.9. The average Bonchev–Trinajstić information content (AvgIpc) is 3.45. The molecule has 242 valence electrons. The molecule has 3 aromatic carbocycles. The van der Waals surface area contributed by atoms with Crippen molar-refractivity contribution in [2.45, 2.75) is 86.4 Å². The maximum atomic E-state index is 13.5. The number of carbonyl (C=O) groups is 3. The minimum atomic E-state index is -0.847. The number of carbonyl (C=O) groups excluding carboxylic acids is 3. The third-order valence-corrected chi connectivity index (χ3v) is 8.77. The lowest BCUT2D eigenvalue weighted by molar-refractivity contribution is -0.155. The molecule has 0 saturated carbocycles. The molecule has 0 spiro atoms. The molecule has 0 bridgehead atoms. The van der Waals surface area contributed by atoms with Crippen LogP contribution in [0.2, 0.25) is 0 Å². The molecule has 5 rings (SSSR count). The van der Waals surface area contributed by atoms with Gasteiger partial charge in [-0.3, -0.25) is 4.79 Å². The van der Waals surface area contributed by atoms with E-state index in [1.165, 1.54) is 5.56 Å². The van der Waals surface area contributed by atoms with E-state index >= 15 is 0 Å². The number of hydroxylamine groups is 1. The van der Waals surface area contributed by atoms with Gasteiger partial charge in [-0.05, 0) is 112 Å². The molecule has 10 heteroatoms. The maximum absolute atomic E-state index is 13.5. The molecule has 2 heterocycles. The van der Waals surface area contributed by atoms with Gasteiger partial charge in [0.1, 0.15) is 11.1 Å². The van der Waals surface area contributed by atoms with Gasteiger partial charge in [-0.25, -0.2) is 14.3 Å². The first-order chi connectivity index (χ1) is 21.8. The van der Waals surface area contributed by atoms with Gasteiger partial charge < -0.3 is 14.5 Å². The Labute approximate surface area is 270 Å². The number of rotatable bonds is 6. The fraction of sp³-hybridized carbons (Fsp3) is 0.417. The topological polar surface area (TPSA) is 116 Å². The first kappa shape index (κ1) is 32.7. The molecule has 4 aromatic rings. The summed E-state index contributed by atoms with van der Waals surface area (Å²) in [5.74, 6) is -1.76. The summed E-state index contributed by atoms with van der Waals surface area (Å²) in [5.41, 5.74) is 10.9. The maximum Gasteiger partial charge on any atom is 0.441 e. The molecule has 46 heavy (non-hydrogen) atoms. The van der Waals surface area contributed by atoms with Crippen LogP contribution in [-0.4, -0.2) is 50.0 Å². The minimum Gasteiger partial charge on any atom is -0.442 e. The summed E-state index contributed by atoms with van der Waals surface area (Å²) in [6, 6.07) is 16.0. The molecule has 0 radical (unpaired) electrons. The molecule has 0 saturated heterocycles. The lowest BCUT2D eigenvalue weighted by Gasteiger charge is -2.31. The number of hydrogen-bond donors (Lipinski definition) is 1. The van der Waals surface area contributed by atoms with Gasteiger partial charge in [0.15, 0.2) is 0 Å². The minimum absolute atomic E-state index is 0.00109. The highest BCUT2D eigenvalue weighted by Gasteiger charge is 2.33. The van der Waals surface area contributed by atoms with Crippen molar-refractivity contribution in [3.63, 3.8) is 0 Å². The molecule has 2 atom stereocenters. The first-order valence-electron chi connectivity index (χ1n) is 15.8. The second-order valence-electron chi connectivity index (χ2n) is 13.1. The van der Waals surface area contributed by atoms with Crippen molar-refractivity contribution in [2.75, 3.05) is 6.54 Å². The smallest absolute Gasteiger partial charge is 0.441 e. The quantitative estimate of drug-likeness (QED) is 0.249. The van der Waals surface area contributed by atoms with Crippen LogP contribution in [0.4, 0.5) is 4.79 Å². The van der Waals surface area contributed by atoms with E-state index in [-0.39, 0.29) is 5.91 Å². The predicted octanol–water partition coefficient (Wildman–Crippen LogP) is 6.33. The SMILES string of the molecule is CCn1nnc2c(C)c([C@H](c3ccc4c(c3)CN(C(=O)c3ccc(C)c(C)c3)CC4)[C@H](C)C(=O)ONC(=O)OC(C)(C)C)ccc21. The van der Waals surface area contributed by atoms with Crippen molar-refractivity contribution in [2.24, 2.45) is 5.92 Å². The molecule has 0 aliphatic carbocycles. The van der Waals surface area contributed by atoms with Gasteiger partial charge in [0, 0.05) is 31.1 Å². The van der Waals surface area contributed by atoms with E-state index in [0.717, 1.165) is 50.8 Å². The van der Waals surface area contributed by atoms with Gasteiger partial charge in [0.05, 0.1) is 11.4 Å². The number of hydrogen-bond acceptors (Lipinski definition) is 7. The van der Waals surface area contributed by atoms with Crippen LogP contribution in [-0.2, 0) is 33.9 Å². The number of fused-ring (bicyclic) bond motifs is 2. The third kappa shape index (κ3) is 6.76. The molecular formula is C36H43N5O5. The molecule has 2 amide bonds.